The molecule has 20 heteroatoms. The minimum Gasteiger partial charge on any atom is -0.467 e. The second-order valence-electron chi connectivity index (χ2n) is 12.3. The van der Waals surface area contributed by atoms with Crippen molar-refractivity contribution in [1.82, 2.24) is 34.9 Å². The van der Waals surface area contributed by atoms with E-state index in [0.29, 0.717) is 24.6 Å². The Morgan fingerprint density at radius 3 is 2.24 bits per heavy atom. The first kappa shape index (κ1) is 35.7. The highest BCUT2D eigenvalue weighted by atomic mass is 32.2. The maximum atomic E-state index is 14.0. The smallest absolute Gasteiger partial charge is 0.419 e. The van der Waals surface area contributed by atoms with Gasteiger partial charge in [-0.25, -0.2) is 51.9 Å². The third kappa shape index (κ3) is 7.79. The van der Waals surface area contributed by atoms with Crippen molar-refractivity contribution in [3.63, 3.8) is 0 Å². The first-order chi connectivity index (χ1) is 24.0. The molecular formula is C31H30F5N9O5S. The summed E-state index contributed by atoms with van der Waals surface area (Å²) in [6.07, 6.45) is 1.72. The molecule has 2 saturated carbocycles. The summed E-state index contributed by atoms with van der Waals surface area (Å²) < 4.78 is 98.8. The average molecular weight is 736 g/mol. The van der Waals surface area contributed by atoms with Crippen LogP contribution >= 0.6 is 0 Å². The number of nitrogens with zero attached hydrogens (tertiary/aromatic N) is 8. The molecular weight excluding hydrogens is 705 g/mol. The summed E-state index contributed by atoms with van der Waals surface area (Å²) in [4.78, 5) is 42.2. The molecule has 2 aliphatic rings. The van der Waals surface area contributed by atoms with E-state index in [1.165, 1.54) is 25.7 Å². The molecule has 270 valence electrons. The van der Waals surface area contributed by atoms with Gasteiger partial charge in [0.15, 0.2) is 15.7 Å². The second-order valence-corrected chi connectivity index (χ2v) is 14.3. The van der Waals surface area contributed by atoms with Gasteiger partial charge in [-0.1, -0.05) is 0 Å². The van der Waals surface area contributed by atoms with Crippen LogP contribution in [0, 0.1) is 0 Å². The van der Waals surface area contributed by atoms with Crippen LogP contribution in [0.2, 0.25) is 0 Å². The van der Waals surface area contributed by atoms with E-state index >= 15 is 0 Å². The molecule has 0 saturated heterocycles. The normalized spacial score (nSPS) is 19.2. The minimum atomic E-state index is -4.86. The predicted octanol–water partition coefficient (Wildman–Crippen LogP) is 5.64. The molecule has 0 unspecified atom stereocenters. The van der Waals surface area contributed by atoms with Crippen LogP contribution in [0.4, 0.5) is 38.5 Å². The molecule has 4 heterocycles. The number of ether oxygens (including phenoxy) is 1. The fourth-order valence-electron chi connectivity index (χ4n) is 6.11. The average Bonchev–Trinajstić information content (AvgIpc) is 3.07. The van der Waals surface area contributed by atoms with Crippen molar-refractivity contribution in [2.75, 3.05) is 23.6 Å². The highest BCUT2D eigenvalue weighted by Crippen LogP contribution is 2.50. The van der Waals surface area contributed by atoms with Crippen LogP contribution in [-0.2, 0) is 16.0 Å². The Bertz CT molecular complexity index is 2040. The summed E-state index contributed by atoms with van der Waals surface area (Å²) in [7, 11) is -2.39. The Morgan fingerprint density at radius 1 is 0.961 bits per heavy atom. The van der Waals surface area contributed by atoms with Gasteiger partial charge in [-0.3, -0.25) is 9.88 Å². The molecule has 4 aromatic rings. The molecule has 2 N–H and O–H groups in total. The number of hydrogen-bond donors (Lipinski definition) is 2. The highest BCUT2D eigenvalue weighted by Gasteiger charge is 2.49. The summed E-state index contributed by atoms with van der Waals surface area (Å²) in [5.41, 5.74) is -1.14. The van der Waals surface area contributed by atoms with E-state index < -0.39 is 64.1 Å². The summed E-state index contributed by atoms with van der Waals surface area (Å²) in [6, 6.07) is 0.147. The second kappa shape index (κ2) is 13.5. The predicted molar refractivity (Wildman–Crippen MR) is 170 cm³/mol. The molecule has 51 heavy (non-hydrogen) atoms. The third-order valence-electron chi connectivity index (χ3n) is 8.70. The summed E-state index contributed by atoms with van der Waals surface area (Å²) in [5.74, 6) is -3.88. The number of amides is 1. The molecule has 1 amide bonds. The van der Waals surface area contributed by atoms with Gasteiger partial charge in [-0.2, -0.15) is 13.2 Å². The monoisotopic (exact) mass is 735 g/mol. The molecule has 0 atom stereocenters. The number of carboxylic acid groups (broad SMARTS) is 1. The van der Waals surface area contributed by atoms with Gasteiger partial charge >= 0.3 is 18.3 Å². The number of anilines is 2. The lowest BCUT2D eigenvalue weighted by Crippen LogP contribution is -2.45. The molecule has 0 aliphatic heterocycles. The topological polar surface area (TPSA) is 186 Å². The Kier molecular flexibility index (Phi) is 9.47. The van der Waals surface area contributed by atoms with Gasteiger partial charge in [0.2, 0.25) is 11.9 Å². The van der Waals surface area contributed by atoms with Crippen LogP contribution in [0.3, 0.4) is 0 Å². The first-order valence-corrected chi connectivity index (χ1v) is 17.4. The van der Waals surface area contributed by atoms with Gasteiger partial charge in [0.05, 0.1) is 35.3 Å². The molecule has 4 aromatic heterocycles. The quantitative estimate of drug-likeness (QED) is 0.202. The molecule has 2 fully saturated rings. The number of alkyl halides is 5. The molecule has 14 nitrogen and oxygen atoms in total. The maximum Gasteiger partial charge on any atom is 0.419 e. The summed E-state index contributed by atoms with van der Waals surface area (Å²) in [6.45, 7) is 0. The van der Waals surface area contributed by atoms with Crippen molar-refractivity contribution < 1.29 is 45.0 Å². The van der Waals surface area contributed by atoms with Crippen molar-refractivity contribution in [2.45, 2.75) is 73.5 Å². The highest BCUT2D eigenvalue weighted by molar-refractivity contribution is 7.90. The maximum absolute atomic E-state index is 14.0. The van der Waals surface area contributed by atoms with E-state index in [1.54, 1.807) is 0 Å². The van der Waals surface area contributed by atoms with Crippen LogP contribution in [0.1, 0.15) is 55.7 Å². The Hall–Kier alpha value is -5.14. The molecule has 6 rings (SSSR count). The van der Waals surface area contributed by atoms with E-state index in [1.807, 2.05) is 0 Å². The Morgan fingerprint density at radius 2 is 1.65 bits per heavy atom. The lowest BCUT2D eigenvalue weighted by atomic mass is 9.78. The fraction of sp³-hybridized carbons (Fsp3) is 0.419. The summed E-state index contributed by atoms with van der Waals surface area (Å²) >= 11 is 0. The van der Waals surface area contributed by atoms with E-state index in [4.69, 9.17) is 4.74 Å². The third-order valence-corrected chi connectivity index (χ3v) is 9.78. The van der Waals surface area contributed by atoms with E-state index in [0.717, 1.165) is 29.6 Å². The van der Waals surface area contributed by atoms with E-state index in [2.05, 4.69) is 40.2 Å². The molecule has 2 aliphatic carbocycles. The van der Waals surface area contributed by atoms with Crippen molar-refractivity contribution in [2.24, 2.45) is 0 Å². The zero-order chi connectivity index (χ0) is 36.7. The van der Waals surface area contributed by atoms with Crippen molar-refractivity contribution in [3.8, 4) is 28.5 Å². The van der Waals surface area contributed by atoms with Crippen molar-refractivity contribution in [1.29, 1.82) is 0 Å². The van der Waals surface area contributed by atoms with Gasteiger partial charge in [-0.15, -0.1) is 0 Å². The molecule has 0 radical (unpaired) electrons. The first-order valence-electron chi connectivity index (χ1n) is 15.5. The van der Waals surface area contributed by atoms with Gasteiger partial charge < -0.3 is 15.2 Å². The van der Waals surface area contributed by atoms with Crippen LogP contribution in [-0.4, -0.2) is 85.9 Å². The van der Waals surface area contributed by atoms with Crippen LogP contribution in [0.25, 0.3) is 22.5 Å². The molecule has 0 bridgehead atoms. The van der Waals surface area contributed by atoms with Gasteiger partial charge in [-0.05, 0) is 31.7 Å². The lowest BCUT2D eigenvalue weighted by Gasteiger charge is -2.39. The SMILES string of the molecule is COc1ncc(-c2cnc(N(C(=O)O)[C@H]3CC[C@H](Nc4ncc(C(F)(F)F)c(-c5cncc(S(C)(=O)=O)c5)n4)CC3)c(C3CC(F)(F)C3)n2)cn1. The Balaban J connectivity index is 1.23. The number of pyridine rings is 1. The number of aromatic nitrogens is 7. The number of hydrogen-bond acceptors (Lipinski definition) is 12. The number of sulfone groups is 1. The molecule has 0 spiro atoms. The van der Waals surface area contributed by atoms with E-state index in [-0.39, 0.29) is 58.5 Å². The summed E-state index contributed by atoms with van der Waals surface area (Å²) in [5, 5.41) is 13.3. The van der Waals surface area contributed by atoms with Gasteiger partial charge in [0.25, 0.3) is 0 Å². The van der Waals surface area contributed by atoms with Crippen molar-refractivity contribution >= 4 is 27.7 Å². The minimum absolute atomic E-state index is 0.0572. The Labute approximate surface area is 287 Å². The zero-order valence-corrected chi connectivity index (χ0v) is 27.8. The largest absolute Gasteiger partial charge is 0.467 e. The molecule has 0 aromatic carbocycles. The fourth-order valence-corrected chi connectivity index (χ4v) is 6.71. The van der Waals surface area contributed by atoms with Gasteiger partial charge in [0, 0.05) is 79.2 Å². The van der Waals surface area contributed by atoms with Crippen molar-refractivity contribution in [3.05, 3.63) is 54.5 Å². The van der Waals surface area contributed by atoms with Gasteiger partial charge in [0.1, 0.15) is 5.56 Å². The number of methoxy groups -OCH3 is 1. The standard InChI is InChI=1S/C31H30F5N9O5S/c1-50-28-40-11-18(12-41-28)23-15-38-26(25(43-23)17-8-30(32,33)9-17)45(29(46)47)20-5-3-19(4-6-20)42-27-39-14-22(31(34,35)36)24(44-27)16-7-21(13-37-10-16)51(2,48)49/h7,10-15,17,19-20H,3-6,8-9H2,1-2H3,(H,46,47)(H,39,42,44)/t19-,20-. The van der Waals surface area contributed by atoms with Crippen LogP contribution in [0.5, 0.6) is 6.01 Å². The number of halogens is 5. The zero-order valence-electron chi connectivity index (χ0n) is 27.0. The number of rotatable bonds is 9. The lowest BCUT2D eigenvalue weighted by molar-refractivity contribution is -0.137. The van der Waals surface area contributed by atoms with Crippen LogP contribution < -0.4 is 15.0 Å². The number of carbonyl (C=O) groups is 1. The van der Waals surface area contributed by atoms with Crippen LogP contribution in [0.15, 0.2) is 48.1 Å². The van der Waals surface area contributed by atoms with E-state index in [9.17, 15) is 40.3 Å². The number of nitrogens with one attached hydrogen (secondary N) is 1.